The molecule has 1 saturated heterocycles. The van der Waals surface area contributed by atoms with E-state index in [1.54, 1.807) is 0 Å². The SMILES string of the molecule is O=C(O)N1CCOCC1c1ccccc1. The molecule has 0 radical (unpaired) electrons. The van der Waals surface area contributed by atoms with Crippen molar-refractivity contribution in [2.45, 2.75) is 6.04 Å². The van der Waals surface area contributed by atoms with Crippen molar-refractivity contribution in [1.82, 2.24) is 4.90 Å². The van der Waals surface area contributed by atoms with Crippen LogP contribution in [0.15, 0.2) is 30.3 Å². The highest BCUT2D eigenvalue weighted by Gasteiger charge is 2.27. The fourth-order valence-electron chi connectivity index (χ4n) is 1.78. The molecule has 1 fully saturated rings. The average molecular weight is 207 g/mol. The minimum atomic E-state index is -0.882. The lowest BCUT2D eigenvalue weighted by Gasteiger charge is -2.33. The number of hydrogen-bond acceptors (Lipinski definition) is 2. The zero-order valence-corrected chi connectivity index (χ0v) is 8.30. The third-order valence-electron chi connectivity index (χ3n) is 2.56. The van der Waals surface area contributed by atoms with Gasteiger partial charge in [0.25, 0.3) is 0 Å². The van der Waals surface area contributed by atoms with Crippen molar-refractivity contribution in [3.63, 3.8) is 0 Å². The quantitative estimate of drug-likeness (QED) is 0.763. The van der Waals surface area contributed by atoms with E-state index < -0.39 is 6.09 Å². The average Bonchev–Trinajstić information content (AvgIpc) is 2.30. The number of benzene rings is 1. The molecule has 0 spiro atoms. The Balaban J connectivity index is 2.22. The molecule has 0 aromatic heterocycles. The Morgan fingerprint density at radius 3 is 2.80 bits per heavy atom. The number of nitrogens with zero attached hydrogens (tertiary/aromatic N) is 1. The lowest BCUT2D eigenvalue weighted by molar-refractivity contribution is -0.000894. The predicted molar refractivity (Wildman–Crippen MR) is 54.7 cm³/mol. The zero-order chi connectivity index (χ0) is 10.7. The first-order valence-electron chi connectivity index (χ1n) is 4.91. The van der Waals surface area contributed by atoms with Crippen LogP contribution < -0.4 is 0 Å². The van der Waals surface area contributed by atoms with Crippen LogP contribution in [-0.2, 0) is 4.74 Å². The molecule has 0 bridgehead atoms. The van der Waals surface area contributed by atoms with Crippen molar-refractivity contribution in [1.29, 1.82) is 0 Å². The van der Waals surface area contributed by atoms with Gasteiger partial charge in [0, 0.05) is 6.54 Å². The second-order valence-corrected chi connectivity index (χ2v) is 3.48. The summed E-state index contributed by atoms with van der Waals surface area (Å²) in [5.41, 5.74) is 0.986. The molecule has 15 heavy (non-hydrogen) atoms. The minimum absolute atomic E-state index is 0.169. The summed E-state index contributed by atoms with van der Waals surface area (Å²) >= 11 is 0. The summed E-state index contributed by atoms with van der Waals surface area (Å²) in [7, 11) is 0. The van der Waals surface area contributed by atoms with Crippen LogP contribution in [0.4, 0.5) is 4.79 Å². The van der Waals surface area contributed by atoms with Crippen LogP contribution in [-0.4, -0.2) is 35.9 Å². The molecule has 2 rings (SSSR count). The fourth-order valence-corrected chi connectivity index (χ4v) is 1.78. The molecule has 0 saturated carbocycles. The zero-order valence-electron chi connectivity index (χ0n) is 8.30. The maximum absolute atomic E-state index is 11.0. The molecular formula is C11H13NO3. The van der Waals surface area contributed by atoms with Gasteiger partial charge in [-0.05, 0) is 5.56 Å². The van der Waals surface area contributed by atoms with Crippen LogP contribution in [0.2, 0.25) is 0 Å². The smallest absolute Gasteiger partial charge is 0.407 e. The second kappa shape index (κ2) is 4.31. The van der Waals surface area contributed by atoms with E-state index >= 15 is 0 Å². The summed E-state index contributed by atoms with van der Waals surface area (Å²) in [6.07, 6.45) is -0.882. The second-order valence-electron chi connectivity index (χ2n) is 3.48. The molecule has 1 aliphatic rings. The standard InChI is InChI=1S/C11H13NO3/c13-11(14)12-6-7-15-8-10(12)9-4-2-1-3-5-9/h1-5,10H,6-8H2,(H,13,14). The largest absolute Gasteiger partial charge is 0.465 e. The van der Waals surface area contributed by atoms with Gasteiger partial charge in [-0.1, -0.05) is 30.3 Å². The van der Waals surface area contributed by atoms with Crippen molar-refractivity contribution in [2.24, 2.45) is 0 Å². The van der Waals surface area contributed by atoms with E-state index in [0.29, 0.717) is 19.8 Å². The van der Waals surface area contributed by atoms with Crippen LogP contribution >= 0.6 is 0 Å². The number of rotatable bonds is 1. The van der Waals surface area contributed by atoms with Crippen LogP contribution in [0.25, 0.3) is 0 Å². The predicted octanol–water partition coefficient (Wildman–Crippen LogP) is 1.74. The Hall–Kier alpha value is -1.55. The molecule has 1 heterocycles. The normalized spacial score (nSPS) is 21.3. The van der Waals surface area contributed by atoms with Crippen LogP contribution in [0.3, 0.4) is 0 Å². The highest BCUT2D eigenvalue weighted by Crippen LogP contribution is 2.23. The molecule has 1 unspecified atom stereocenters. The molecule has 1 N–H and O–H groups in total. The number of carbonyl (C=O) groups is 1. The Labute approximate surface area is 88.1 Å². The maximum Gasteiger partial charge on any atom is 0.407 e. The van der Waals surface area contributed by atoms with E-state index in [9.17, 15) is 4.79 Å². The lowest BCUT2D eigenvalue weighted by atomic mass is 10.1. The number of morpholine rings is 1. The monoisotopic (exact) mass is 207 g/mol. The summed E-state index contributed by atoms with van der Waals surface area (Å²) in [5, 5.41) is 9.04. The van der Waals surface area contributed by atoms with Gasteiger partial charge in [0.05, 0.1) is 19.3 Å². The Morgan fingerprint density at radius 1 is 1.40 bits per heavy atom. The lowest BCUT2D eigenvalue weighted by Crippen LogP contribution is -2.42. The number of carboxylic acid groups (broad SMARTS) is 1. The Kier molecular flexibility index (Phi) is 2.87. The van der Waals surface area contributed by atoms with E-state index in [1.807, 2.05) is 30.3 Å². The van der Waals surface area contributed by atoms with E-state index in [2.05, 4.69) is 0 Å². The van der Waals surface area contributed by atoms with E-state index in [4.69, 9.17) is 9.84 Å². The third kappa shape index (κ3) is 2.10. The molecule has 4 heteroatoms. The highest BCUT2D eigenvalue weighted by atomic mass is 16.5. The molecule has 0 aliphatic carbocycles. The maximum atomic E-state index is 11.0. The summed E-state index contributed by atoms with van der Waals surface area (Å²) in [4.78, 5) is 12.4. The first-order valence-corrected chi connectivity index (χ1v) is 4.91. The van der Waals surface area contributed by atoms with Gasteiger partial charge in [-0.15, -0.1) is 0 Å². The summed E-state index contributed by atoms with van der Waals surface area (Å²) in [6.45, 7) is 1.36. The number of amides is 1. The van der Waals surface area contributed by atoms with Crippen LogP contribution in [0, 0.1) is 0 Å². The number of ether oxygens (including phenoxy) is 1. The topological polar surface area (TPSA) is 49.8 Å². The molecule has 1 amide bonds. The van der Waals surface area contributed by atoms with Gasteiger partial charge in [0.1, 0.15) is 0 Å². The first kappa shape index (κ1) is 9.98. The van der Waals surface area contributed by atoms with Gasteiger partial charge in [-0.2, -0.15) is 0 Å². The van der Waals surface area contributed by atoms with Crippen molar-refractivity contribution < 1.29 is 14.6 Å². The summed E-state index contributed by atoms with van der Waals surface area (Å²) < 4.78 is 5.31. The molecule has 4 nitrogen and oxygen atoms in total. The molecule has 1 aromatic rings. The molecule has 1 atom stereocenters. The van der Waals surface area contributed by atoms with Gasteiger partial charge in [0.2, 0.25) is 0 Å². The number of hydrogen-bond donors (Lipinski definition) is 1. The van der Waals surface area contributed by atoms with Crippen LogP contribution in [0.1, 0.15) is 11.6 Å². The first-order chi connectivity index (χ1) is 7.29. The Bertz CT molecular complexity index is 339. The van der Waals surface area contributed by atoms with Gasteiger partial charge < -0.3 is 9.84 Å². The molecule has 80 valence electrons. The summed E-state index contributed by atoms with van der Waals surface area (Å²) in [6, 6.07) is 9.41. The van der Waals surface area contributed by atoms with E-state index in [1.165, 1.54) is 4.90 Å². The van der Waals surface area contributed by atoms with Gasteiger partial charge >= 0.3 is 6.09 Å². The minimum Gasteiger partial charge on any atom is -0.465 e. The van der Waals surface area contributed by atoms with Crippen molar-refractivity contribution in [3.8, 4) is 0 Å². The van der Waals surface area contributed by atoms with Gasteiger partial charge in [-0.25, -0.2) is 4.79 Å². The third-order valence-corrected chi connectivity index (χ3v) is 2.56. The summed E-state index contributed by atoms with van der Waals surface area (Å²) in [5.74, 6) is 0. The highest BCUT2D eigenvalue weighted by molar-refractivity contribution is 5.66. The van der Waals surface area contributed by atoms with E-state index in [-0.39, 0.29) is 6.04 Å². The molecule has 1 aromatic carbocycles. The van der Waals surface area contributed by atoms with Gasteiger partial charge in [0.15, 0.2) is 0 Å². The van der Waals surface area contributed by atoms with Crippen molar-refractivity contribution >= 4 is 6.09 Å². The fraction of sp³-hybridized carbons (Fsp3) is 0.364. The van der Waals surface area contributed by atoms with Crippen molar-refractivity contribution in [3.05, 3.63) is 35.9 Å². The Morgan fingerprint density at radius 2 is 2.13 bits per heavy atom. The van der Waals surface area contributed by atoms with Gasteiger partial charge in [-0.3, -0.25) is 4.90 Å². The molecule has 1 aliphatic heterocycles. The van der Waals surface area contributed by atoms with Crippen molar-refractivity contribution in [2.75, 3.05) is 19.8 Å². The van der Waals surface area contributed by atoms with Crippen LogP contribution in [0.5, 0.6) is 0 Å². The molecular weight excluding hydrogens is 194 g/mol. The van der Waals surface area contributed by atoms with E-state index in [0.717, 1.165) is 5.56 Å².